The minimum atomic E-state index is 0.336. The first kappa shape index (κ1) is 13.9. The van der Waals surface area contributed by atoms with Gasteiger partial charge in [0.2, 0.25) is 0 Å². The van der Waals surface area contributed by atoms with Crippen molar-refractivity contribution in [2.75, 3.05) is 25.1 Å². The third kappa shape index (κ3) is 2.74. The molecular weight excluding hydrogens is 264 g/mol. The molecule has 5 nitrogen and oxygen atoms in total. The first-order valence-corrected chi connectivity index (χ1v) is 7.36. The Morgan fingerprint density at radius 1 is 1.19 bits per heavy atom. The van der Waals surface area contributed by atoms with E-state index in [1.807, 2.05) is 30.1 Å². The Morgan fingerprint density at radius 3 is 2.48 bits per heavy atom. The van der Waals surface area contributed by atoms with Gasteiger partial charge in [-0.2, -0.15) is 5.10 Å². The van der Waals surface area contributed by atoms with Crippen LogP contribution >= 0.6 is 0 Å². The Bertz CT molecular complexity index is 597. The number of nitrogens with two attached hydrogens (primary N) is 1. The molecule has 1 aromatic heterocycles. The van der Waals surface area contributed by atoms with E-state index in [-0.39, 0.29) is 0 Å². The molecule has 0 spiro atoms. The molecule has 0 atom stereocenters. The van der Waals surface area contributed by atoms with E-state index in [1.165, 1.54) is 5.69 Å². The number of methoxy groups -OCH3 is 1. The summed E-state index contributed by atoms with van der Waals surface area (Å²) < 4.78 is 7.16. The highest BCUT2D eigenvalue weighted by molar-refractivity contribution is 5.75. The topological polar surface area (TPSA) is 56.3 Å². The lowest BCUT2D eigenvalue weighted by atomic mass is 10.0. The molecule has 3 rings (SSSR count). The molecule has 2 aromatic rings. The van der Waals surface area contributed by atoms with Crippen molar-refractivity contribution in [3.63, 3.8) is 0 Å². The molecule has 2 N–H and O–H groups in total. The first-order chi connectivity index (χ1) is 10.2. The summed E-state index contributed by atoms with van der Waals surface area (Å²) in [6.07, 6.45) is 4.03. The van der Waals surface area contributed by atoms with Crippen LogP contribution in [0.5, 0.6) is 5.75 Å². The van der Waals surface area contributed by atoms with Crippen molar-refractivity contribution in [1.29, 1.82) is 0 Å². The highest BCUT2D eigenvalue weighted by atomic mass is 16.5. The molecule has 1 aliphatic heterocycles. The molecule has 1 aliphatic rings. The van der Waals surface area contributed by atoms with Crippen molar-refractivity contribution >= 4 is 5.69 Å². The Labute approximate surface area is 125 Å². The molecule has 1 saturated heterocycles. The van der Waals surface area contributed by atoms with Crippen LogP contribution in [0.1, 0.15) is 12.8 Å². The van der Waals surface area contributed by atoms with Gasteiger partial charge in [-0.3, -0.25) is 4.68 Å². The van der Waals surface area contributed by atoms with Crippen LogP contribution in [0.2, 0.25) is 0 Å². The van der Waals surface area contributed by atoms with Gasteiger partial charge in [-0.05, 0) is 37.1 Å². The minimum Gasteiger partial charge on any atom is -0.497 e. The number of piperidine rings is 1. The van der Waals surface area contributed by atoms with Crippen molar-refractivity contribution in [1.82, 2.24) is 9.78 Å². The van der Waals surface area contributed by atoms with Crippen LogP contribution in [0.3, 0.4) is 0 Å². The van der Waals surface area contributed by atoms with E-state index in [0.717, 1.165) is 42.9 Å². The largest absolute Gasteiger partial charge is 0.497 e. The van der Waals surface area contributed by atoms with E-state index in [1.54, 1.807) is 7.11 Å². The average molecular weight is 286 g/mol. The van der Waals surface area contributed by atoms with Crippen molar-refractivity contribution in [2.45, 2.75) is 18.9 Å². The molecule has 0 amide bonds. The van der Waals surface area contributed by atoms with E-state index in [9.17, 15) is 0 Å². The minimum absolute atomic E-state index is 0.336. The quantitative estimate of drug-likeness (QED) is 0.938. The van der Waals surface area contributed by atoms with Crippen LogP contribution in [-0.4, -0.2) is 36.0 Å². The third-order valence-corrected chi connectivity index (χ3v) is 4.16. The number of hydrogen-bond donors (Lipinski definition) is 1. The zero-order valence-corrected chi connectivity index (χ0v) is 12.6. The van der Waals surface area contributed by atoms with Gasteiger partial charge in [0.1, 0.15) is 5.75 Å². The Morgan fingerprint density at radius 2 is 1.86 bits per heavy atom. The Kier molecular flexibility index (Phi) is 3.84. The lowest BCUT2D eigenvalue weighted by Crippen LogP contribution is -2.39. The second kappa shape index (κ2) is 5.77. The van der Waals surface area contributed by atoms with Gasteiger partial charge >= 0.3 is 0 Å². The Hall–Kier alpha value is -2.01. The van der Waals surface area contributed by atoms with Crippen molar-refractivity contribution in [3.8, 4) is 17.0 Å². The summed E-state index contributed by atoms with van der Waals surface area (Å²) in [5.41, 5.74) is 9.49. The lowest BCUT2D eigenvalue weighted by molar-refractivity contribution is 0.415. The van der Waals surface area contributed by atoms with Crippen LogP contribution in [0, 0.1) is 0 Å². The number of aryl methyl sites for hydroxylation is 1. The maximum Gasteiger partial charge on any atom is 0.118 e. The molecule has 0 aliphatic carbocycles. The molecule has 112 valence electrons. The van der Waals surface area contributed by atoms with Gasteiger partial charge in [0, 0.05) is 31.7 Å². The van der Waals surface area contributed by atoms with Gasteiger partial charge in [0.15, 0.2) is 0 Å². The molecule has 0 saturated carbocycles. The van der Waals surface area contributed by atoms with Crippen molar-refractivity contribution in [2.24, 2.45) is 12.8 Å². The fourth-order valence-corrected chi connectivity index (χ4v) is 2.88. The molecule has 5 heteroatoms. The van der Waals surface area contributed by atoms with Crippen LogP contribution in [-0.2, 0) is 7.05 Å². The average Bonchev–Trinajstić information content (AvgIpc) is 2.90. The molecule has 0 radical (unpaired) electrons. The summed E-state index contributed by atoms with van der Waals surface area (Å²) >= 11 is 0. The number of aromatic nitrogens is 2. The van der Waals surface area contributed by atoms with Crippen LogP contribution in [0.15, 0.2) is 30.5 Å². The predicted molar refractivity (Wildman–Crippen MR) is 84.6 cm³/mol. The van der Waals surface area contributed by atoms with E-state index >= 15 is 0 Å². The Balaban J connectivity index is 1.92. The summed E-state index contributed by atoms with van der Waals surface area (Å²) in [5, 5.41) is 4.44. The lowest BCUT2D eigenvalue weighted by Gasteiger charge is -2.31. The zero-order valence-electron chi connectivity index (χ0n) is 12.6. The van der Waals surface area contributed by atoms with E-state index in [2.05, 4.69) is 22.1 Å². The number of ether oxygens (including phenoxy) is 1. The molecule has 21 heavy (non-hydrogen) atoms. The van der Waals surface area contributed by atoms with E-state index in [0.29, 0.717) is 6.04 Å². The normalized spacial score (nSPS) is 16.2. The maximum atomic E-state index is 6.00. The van der Waals surface area contributed by atoms with E-state index in [4.69, 9.17) is 10.5 Å². The van der Waals surface area contributed by atoms with Gasteiger partial charge < -0.3 is 15.4 Å². The SMILES string of the molecule is COc1ccc(-c2c(N3CCC(N)CC3)cnn2C)cc1. The van der Waals surface area contributed by atoms with E-state index < -0.39 is 0 Å². The predicted octanol–water partition coefficient (Wildman–Crippen LogP) is 2.02. The van der Waals surface area contributed by atoms with Gasteiger partial charge in [0.05, 0.1) is 24.7 Å². The summed E-state index contributed by atoms with van der Waals surface area (Å²) in [7, 11) is 3.67. The smallest absolute Gasteiger partial charge is 0.118 e. The van der Waals surface area contributed by atoms with Crippen molar-refractivity contribution < 1.29 is 4.74 Å². The van der Waals surface area contributed by atoms with Gasteiger partial charge in [-0.15, -0.1) is 0 Å². The summed E-state index contributed by atoms with van der Waals surface area (Å²) in [5.74, 6) is 0.867. The fraction of sp³-hybridized carbons (Fsp3) is 0.438. The fourth-order valence-electron chi connectivity index (χ4n) is 2.88. The molecule has 0 unspecified atom stereocenters. The zero-order chi connectivity index (χ0) is 14.8. The van der Waals surface area contributed by atoms with Crippen LogP contribution in [0.4, 0.5) is 5.69 Å². The summed E-state index contributed by atoms with van der Waals surface area (Å²) in [6.45, 7) is 1.99. The van der Waals surface area contributed by atoms with Crippen molar-refractivity contribution in [3.05, 3.63) is 30.5 Å². The number of hydrogen-bond acceptors (Lipinski definition) is 4. The number of benzene rings is 1. The molecule has 1 aromatic carbocycles. The van der Waals surface area contributed by atoms with Gasteiger partial charge in [0.25, 0.3) is 0 Å². The highest BCUT2D eigenvalue weighted by Gasteiger charge is 2.21. The second-order valence-electron chi connectivity index (χ2n) is 5.56. The number of rotatable bonds is 3. The molecule has 0 bridgehead atoms. The number of nitrogens with zero attached hydrogens (tertiary/aromatic N) is 3. The first-order valence-electron chi connectivity index (χ1n) is 7.36. The second-order valence-corrected chi connectivity index (χ2v) is 5.56. The van der Waals surface area contributed by atoms with Crippen LogP contribution in [0.25, 0.3) is 11.3 Å². The van der Waals surface area contributed by atoms with Gasteiger partial charge in [-0.25, -0.2) is 0 Å². The monoisotopic (exact) mass is 286 g/mol. The summed E-state index contributed by atoms with van der Waals surface area (Å²) in [6, 6.07) is 8.46. The highest BCUT2D eigenvalue weighted by Crippen LogP contribution is 2.32. The van der Waals surface area contributed by atoms with Crippen LogP contribution < -0.4 is 15.4 Å². The standard InChI is InChI=1S/C16H22N4O/c1-19-16(12-3-5-14(21-2)6-4-12)15(11-18-19)20-9-7-13(17)8-10-20/h3-6,11,13H,7-10,17H2,1-2H3. The maximum absolute atomic E-state index is 6.00. The third-order valence-electron chi connectivity index (χ3n) is 4.16. The molecular formula is C16H22N4O. The summed E-state index contributed by atoms with van der Waals surface area (Å²) in [4.78, 5) is 2.38. The molecule has 1 fully saturated rings. The molecule has 2 heterocycles. The number of anilines is 1. The van der Waals surface area contributed by atoms with Gasteiger partial charge in [-0.1, -0.05) is 0 Å².